The third-order valence-electron chi connectivity index (χ3n) is 10.2. The molecule has 3 unspecified atom stereocenters. The average Bonchev–Trinajstić information content (AvgIpc) is 3.14. The Kier molecular flexibility index (Phi) is 3.29. The van der Waals surface area contributed by atoms with Crippen molar-refractivity contribution in [1.82, 2.24) is 0 Å². The van der Waals surface area contributed by atoms with E-state index in [0.717, 1.165) is 37.7 Å². The average molecular weight is 398 g/mol. The highest BCUT2D eigenvalue weighted by Gasteiger charge is 2.83. The van der Waals surface area contributed by atoms with Crippen molar-refractivity contribution in [3.8, 4) is 0 Å². The fourth-order valence-electron chi connectivity index (χ4n) is 8.70. The highest BCUT2D eigenvalue weighted by molar-refractivity contribution is 5.92. The number of epoxide rings is 1. The van der Waals surface area contributed by atoms with Crippen LogP contribution in [-0.4, -0.2) is 34.8 Å². The summed E-state index contributed by atoms with van der Waals surface area (Å²) in [6.07, 6.45) is 8.07. The second kappa shape index (κ2) is 5.22. The summed E-state index contributed by atoms with van der Waals surface area (Å²) in [5.74, 6) is 0.676. The highest BCUT2D eigenvalue weighted by Crippen LogP contribution is 2.78. The first-order chi connectivity index (χ1) is 13.7. The van der Waals surface area contributed by atoms with Crippen molar-refractivity contribution >= 4 is 17.5 Å². The Morgan fingerprint density at radius 2 is 1.93 bits per heavy atom. The lowest BCUT2D eigenvalue weighted by atomic mass is 9.43. The molecule has 0 radical (unpaired) electrons. The van der Waals surface area contributed by atoms with Gasteiger partial charge in [-0.15, -0.1) is 0 Å². The molecule has 5 nitrogen and oxygen atoms in total. The van der Waals surface area contributed by atoms with Crippen molar-refractivity contribution in [3.05, 3.63) is 11.6 Å². The summed E-state index contributed by atoms with van der Waals surface area (Å²) in [6, 6.07) is 0. The molecule has 6 rings (SSSR count). The Morgan fingerprint density at radius 3 is 2.62 bits per heavy atom. The van der Waals surface area contributed by atoms with Gasteiger partial charge in [-0.1, -0.05) is 19.4 Å². The maximum Gasteiger partial charge on any atom is 0.306 e. The van der Waals surface area contributed by atoms with Crippen LogP contribution in [-0.2, 0) is 23.9 Å². The molecule has 29 heavy (non-hydrogen) atoms. The molecule has 156 valence electrons. The topological polar surface area (TPSA) is 73.0 Å². The fraction of sp³-hybridized carbons (Fsp3) is 0.792. The molecule has 3 saturated carbocycles. The summed E-state index contributed by atoms with van der Waals surface area (Å²) >= 11 is 0. The number of esters is 1. The van der Waals surface area contributed by atoms with Crippen LogP contribution in [0.3, 0.4) is 0 Å². The molecule has 0 aromatic carbocycles. The van der Waals surface area contributed by atoms with Crippen LogP contribution in [0.1, 0.15) is 72.1 Å². The Morgan fingerprint density at radius 1 is 1.14 bits per heavy atom. The number of carbonyl (C=O) groups excluding carboxylic acids is 3. The Hall–Kier alpha value is -1.49. The van der Waals surface area contributed by atoms with Crippen molar-refractivity contribution in [2.75, 3.05) is 0 Å². The molecule has 0 aromatic heterocycles. The Balaban J connectivity index is 1.49. The number of ketones is 2. The number of ether oxygens (including phenoxy) is 2. The van der Waals surface area contributed by atoms with E-state index in [4.69, 9.17) is 9.47 Å². The number of rotatable bonds is 1. The first-order valence-electron chi connectivity index (χ1n) is 11.3. The zero-order valence-electron chi connectivity index (χ0n) is 17.6. The lowest BCUT2D eigenvalue weighted by Gasteiger charge is -2.58. The van der Waals surface area contributed by atoms with Gasteiger partial charge in [-0.2, -0.15) is 0 Å². The van der Waals surface area contributed by atoms with Gasteiger partial charge in [0.25, 0.3) is 0 Å². The first-order valence-corrected chi connectivity index (χ1v) is 11.3. The summed E-state index contributed by atoms with van der Waals surface area (Å²) in [7, 11) is 0. The standard InChI is InChI=1S/C24H30O5/c1-13(25)16-11-14-10-15(26)4-7-21(14,2)24-18(28-24)12-22(3)17(20(16)24)5-8-23(22)9-6-19(27)29-23/h10,16-18,20H,4-9,11-12H2,1-3H3/t16?,17-,18?,20-,21-,22-,23+,24?/m0/s1. The van der Waals surface area contributed by atoms with Crippen LogP contribution in [0.4, 0.5) is 0 Å². The van der Waals surface area contributed by atoms with E-state index in [1.807, 2.05) is 6.08 Å². The predicted molar refractivity (Wildman–Crippen MR) is 104 cm³/mol. The summed E-state index contributed by atoms with van der Waals surface area (Å²) < 4.78 is 12.7. The normalized spacial score (nSPS) is 54.8. The monoisotopic (exact) mass is 398 g/mol. The number of hydrogen-bond acceptors (Lipinski definition) is 5. The van der Waals surface area contributed by atoms with E-state index in [1.165, 1.54) is 0 Å². The lowest BCUT2D eigenvalue weighted by Crippen LogP contribution is -2.63. The molecule has 2 aliphatic heterocycles. The van der Waals surface area contributed by atoms with Crippen LogP contribution in [0.5, 0.6) is 0 Å². The fourth-order valence-corrected chi connectivity index (χ4v) is 8.70. The van der Waals surface area contributed by atoms with Gasteiger partial charge < -0.3 is 9.47 Å². The summed E-state index contributed by atoms with van der Waals surface area (Å²) in [4.78, 5) is 37.2. The maximum atomic E-state index is 12.9. The number of fused-ring (bicyclic) bond motifs is 4. The van der Waals surface area contributed by atoms with Gasteiger partial charge in [-0.25, -0.2) is 0 Å². The molecule has 4 aliphatic carbocycles. The molecule has 0 N–H and O–H groups in total. The van der Waals surface area contributed by atoms with Gasteiger partial charge in [0.1, 0.15) is 17.0 Å². The summed E-state index contributed by atoms with van der Waals surface area (Å²) in [6.45, 7) is 6.28. The van der Waals surface area contributed by atoms with Crippen molar-refractivity contribution in [1.29, 1.82) is 0 Å². The van der Waals surface area contributed by atoms with Gasteiger partial charge in [0.15, 0.2) is 5.78 Å². The van der Waals surface area contributed by atoms with Crippen molar-refractivity contribution in [2.45, 2.75) is 89.4 Å². The van der Waals surface area contributed by atoms with Crippen LogP contribution in [0.25, 0.3) is 0 Å². The minimum absolute atomic E-state index is 0.0739. The second-order valence-electron chi connectivity index (χ2n) is 11.0. The maximum absolute atomic E-state index is 12.9. The molecule has 0 amide bonds. The summed E-state index contributed by atoms with van der Waals surface area (Å²) in [5, 5.41) is 0. The first kappa shape index (κ1) is 18.3. The lowest BCUT2D eigenvalue weighted by molar-refractivity contribution is -0.167. The smallest absolute Gasteiger partial charge is 0.306 e. The number of Topliss-reactive ketones (excluding diaryl/α,β-unsaturated/α-hetero) is 1. The van der Waals surface area contributed by atoms with E-state index in [0.29, 0.717) is 25.2 Å². The number of hydrogen-bond donors (Lipinski definition) is 0. The zero-order chi connectivity index (χ0) is 20.4. The van der Waals surface area contributed by atoms with Crippen LogP contribution < -0.4 is 0 Å². The van der Waals surface area contributed by atoms with Gasteiger partial charge in [0.05, 0.1) is 6.10 Å². The van der Waals surface area contributed by atoms with E-state index in [2.05, 4.69) is 13.8 Å². The van der Waals surface area contributed by atoms with Gasteiger partial charge in [0.2, 0.25) is 0 Å². The molecule has 2 saturated heterocycles. The predicted octanol–water partition coefficient (Wildman–Crippen LogP) is 3.54. The third kappa shape index (κ3) is 1.90. The van der Waals surface area contributed by atoms with E-state index >= 15 is 0 Å². The zero-order valence-corrected chi connectivity index (χ0v) is 17.6. The molecule has 0 aromatic rings. The van der Waals surface area contributed by atoms with Crippen molar-refractivity contribution < 1.29 is 23.9 Å². The minimum atomic E-state index is -0.381. The molecule has 0 bridgehead atoms. The van der Waals surface area contributed by atoms with Crippen molar-refractivity contribution in [2.24, 2.45) is 28.6 Å². The van der Waals surface area contributed by atoms with Gasteiger partial charge in [0, 0.05) is 35.5 Å². The molecule has 6 aliphatic rings. The van der Waals surface area contributed by atoms with Crippen LogP contribution in [0, 0.1) is 28.6 Å². The largest absolute Gasteiger partial charge is 0.458 e. The molecule has 5 heteroatoms. The van der Waals surface area contributed by atoms with Gasteiger partial charge >= 0.3 is 5.97 Å². The Labute approximate surface area is 171 Å². The molecular formula is C24H30O5. The molecule has 2 heterocycles. The minimum Gasteiger partial charge on any atom is -0.458 e. The number of carbonyl (C=O) groups is 3. The Bertz CT molecular complexity index is 890. The molecular weight excluding hydrogens is 368 g/mol. The summed E-state index contributed by atoms with van der Waals surface area (Å²) in [5.41, 5.74) is 0.132. The molecule has 8 atom stereocenters. The molecule has 5 fully saturated rings. The molecule has 2 spiro atoms. The van der Waals surface area contributed by atoms with Crippen LogP contribution in [0.15, 0.2) is 11.6 Å². The highest BCUT2D eigenvalue weighted by atomic mass is 16.6. The van der Waals surface area contributed by atoms with Gasteiger partial charge in [-0.3, -0.25) is 14.4 Å². The van der Waals surface area contributed by atoms with Gasteiger partial charge in [-0.05, 0) is 57.4 Å². The quantitative estimate of drug-likeness (QED) is 0.499. The second-order valence-corrected chi connectivity index (χ2v) is 11.0. The van der Waals surface area contributed by atoms with E-state index in [1.54, 1.807) is 6.92 Å². The van der Waals surface area contributed by atoms with E-state index in [-0.39, 0.29) is 57.5 Å². The van der Waals surface area contributed by atoms with Crippen LogP contribution in [0.2, 0.25) is 0 Å². The SMILES string of the molecule is CC(=O)C1CC2=CC(=O)CC[C@]2(C)C23OC2C[C@@]2(C)[C@@H](CC[C@@]24CCC(=O)O4)[C@H]13. The van der Waals surface area contributed by atoms with E-state index < -0.39 is 0 Å². The van der Waals surface area contributed by atoms with E-state index in [9.17, 15) is 14.4 Å². The van der Waals surface area contributed by atoms with Crippen LogP contribution >= 0.6 is 0 Å². The third-order valence-corrected chi connectivity index (χ3v) is 10.2. The van der Waals surface area contributed by atoms with Crippen molar-refractivity contribution in [3.63, 3.8) is 0 Å².